The maximum Gasteiger partial charge on any atom is 0.0540 e. The fourth-order valence-electron chi connectivity index (χ4n) is 3.16. The molecule has 1 aromatic rings. The van der Waals surface area contributed by atoms with Crippen LogP contribution in [0.2, 0.25) is 0 Å². The summed E-state index contributed by atoms with van der Waals surface area (Å²) in [5.74, 6) is 7.09. The van der Waals surface area contributed by atoms with Gasteiger partial charge in [0.25, 0.3) is 0 Å². The van der Waals surface area contributed by atoms with E-state index in [4.69, 9.17) is 5.11 Å². The number of hydrogen-bond donors (Lipinski definition) is 1. The molecule has 1 fully saturated rings. The van der Waals surface area contributed by atoms with E-state index in [0.29, 0.717) is 6.42 Å². The van der Waals surface area contributed by atoms with Crippen LogP contribution in [0.4, 0.5) is 0 Å². The molecule has 0 bridgehead atoms. The minimum absolute atomic E-state index is 0.136. The van der Waals surface area contributed by atoms with Gasteiger partial charge in [-0.15, -0.1) is 0 Å². The summed E-state index contributed by atoms with van der Waals surface area (Å²) in [6, 6.07) is 8.36. The van der Waals surface area contributed by atoms with Gasteiger partial charge in [0.15, 0.2) is 0 Å². The summed E-state index contributed by atoms with van der Waals surface area (Å²) < 4.78 is 0. The SMILES string of the molecule is CN(Cc1ccccc1C#CCCO)CC1CCCCC1. The Morgan fingerprint density at radius 1 is 1.19 bits per heavy atom. The van der Waals surface area contributed by atoms with Crippen molar-refractivity contribution in [1.82, 2.24) is 4.90 Å². The molecule has 114 valence electrons. The first-order valence-corrected chi connectivity index (χ1v) is 8.16. The van der Waals surface area contributed by atoms with E-state index in [2.05, 4.69) is 42.0 Å². The van der Waals surface area contributed by atoms with Crippen LogP contribution < -0.4 is 0 Å². The smallest absolute Gasteiger partial charge is 0.0540 e. The third-order valence-corrected chi connectivity index (χ3v) is 4.21. The normalized spacial score (nSPS) is 15.8. The van der Waals surface area contributed by atoms with E-state index in [-0.39, 0.29) is 6.61 Å². The molecular formula is C19H27NO. The second kappa shape index (κ2) is 8.87. The van der Waals surface area contributed by atoms with E-state index >= 15 is 0 Å². The van der Waals surface area contributed by atoms with Crippen molar-refractivity contribution in [3.63, 3.8) is 0 Å². The third kappa shape index (κ3) is 5.53. The van der Waals surface area contributed by atoms with Gasteiger partial charge in [-0.1, -0.05) is 49.3 Å². The highest BCUT2D eigenvalue weighted by Gasteiger charge is 2.15. The van der Waals surface area contributed by atoms with E-state index in [1.54, 1.807) is 0 Å². The van der Waals surface area contributed by atoms with Crippen LogP contribution in [-0.4, -0.2) is 30.2 Å². The van der Waals surface area contributed by atoms with Gasteiger partial charge in [-0.25, -0.2) is 0 Å². The molecule has 21 heavy (non-hydrogen) atoms. The Bertz CT molecular complexity index is 480. The first-order chi connectivity index (χ1) is 10.3. The molecule has 0 radical (unpaired) electrons. The van der Waals surface area contributed by atoms with Crippen LogP contribution in [0.15, 0.2) is 24.3 Å². The van der Waals surface area contributed by atoms with Gasteiger partial charge in [-0.3, -0.25) is 0 Å². The Morgan fingerprint density at radius 3 is 2.71 bits per heavy atom. The summed E-state index contributed by atoms with van der Waals surface area (Å²) in [5.41, 5.74) is 2.39. The van der Waals surface area contributed by atoms with Crippen molar-refractivity contribution in [2.75, 3.05) is 20.2 Å². The molecule has 2 nitrogen and oxygen atoms in total. The van der Waals surface area contributed by atoms with Crippen molar-refractivity contribution >= 4 is 0 Å². The molecule has 1 aliphatic carbocycles. The van der Waals surface area contributed by atoms with Crippen molar-refractivity contribution in [2.24, 2.45) is 5.92 Å². The Balaban J connectivity index is 1.93. The summed E-state index contributed by atoms with van der Waals surface area (Å²) in [6.07, 6.45) is 7.56. The van der Waals surface area contributed by atoms with E-state index < -0.39 is 0 Å². The summed E-state index contributed by atoms with van der Waals surface area (Å²) in [6.45, 7) is 2.29. The fourth-order valence-corrected chi connectivity index (χ4v) is 3.16. The van der Waals surface area contributed by atoms with Crippen LogP contribution in [0.5, 0.6) is 0 Å². The molecule has 0 spiro atoms. The number of nitrogens with zero attached hydrogens (tertiary/aromatic N) is 1. The number of rotatable bonds is 5. The van der Waals surface area contributed by atoms with Crippen molar-refractivity contribution in [3.8, 4) is 11.8 Å². The van der Waals surface area contributed by atoms with Gasteiger partial charge in [0, 0.05) is 25.1 Å². The fraction of sp³-hybridized carbons (Fsp3) is 0.579. The maximum absolute atomic E-state index is 8.83. The second-order valence-corrected chi connectivity index (χ2v) is 6.13. The van der Waals surface area contributed by atoms with Crippen LogP contribution in [0.1, 0.15) is 49.7 Å². The first-order valence-electron chi connectivity index (χ1n) is 8.16. The monoisotopic (exact) mass is 285 g/mol. The van der Waals surface area contributed by atoms with Gasteiger partial charge in [0.1, 0.15) is 0 Å². The largest absolute Gasteiger partial charge is 0.395 e. The molecule has 0 aromatic heterocycles. The van der Waals surface area contributed by atoms with Gasteiger partial charge in [0.2, 0.25) is 0 Å². The lowest BCUT2D eigenvalue weighted by molar-refractivity contribution is 0.228. The highest BCUT2D eigenvalue weighted by molar-refractivity contribution is 5.41. The van der Waals surface area contributed by atoms with Gasteiger partial charge < -0.3 is 10.0 Å². The number of hydrogen-bond acceptors (Lipinski definition) is 2. The summed E-state index contributed by atoms with van der Waals surface area (Å²) in [4.78, 5) is 2.43. The standard InChI is InChI=1S/C19H27NO/c1-20(15-17-9-3-2-4-10-17)16-19-13-6-5-11-18(19)12-7-8-14-21/h5-6,11,13,17,21H,2-4,8-10,14-16H2,1H3. The Kier molecular flexibility index (Phi) is 6.79. The molecule has 1 aromatic carbocycles. The quantitative estimate of drug-likeness (QED) is 0.838. The van der Waals surface area contributed by atoms with Crippen LogP contribution in [0.3, 0.4) is 0 Å². The van der Waals surface area contributed by atoms with Gasteiger partial charge in [-0.2, -0.15) is 0 Å². The van der Waals surface area contributed by atoms with Crippen molar-refractivity contribution in [3.05, 3.63) is 35.4 Å². The summed E-state index contributed by atoms with van der Waals surface area (Å²) in [7, 11) is 2.21. The van der Waals surface area contributed by atoms with Crippen LogP contribution in [0.25, 0.3) is 0 Å². The van der Waals surface area contributed by atoms with Crippen molar-refractivity contribution in [2.45, 2.75) is 45.1 Å². The summed E-state index contributed by atoms with van der Waals surface area (Å²) >= 11 is 0. The van der Waals surface area contributed by atoms with Crippen molar-refractivity contribution < 1.29 is 5.11 Å². The molecule has 0 aliphatic heterocycles. The Labute approximate surface area is 129 Å². The molecule has 0 unspecified atom stereocenters. The predicted octanol–water partition coefficient (Wildman–Crippen LogP) is 3.43. The topological polar surface area (TPSA) is 23.5 Å². The van der Waals surface area contributed by atoms with E-state index in [1.807, 2.05) is 6.07 Å². The zero-order chi connectivity index (χ0) is 14.9. The van der Waals surface area contributed by atoms with Crippen LogP contribution >= 0.6 is 0 Å². The molecule has 2 rings (SSSR count). The van der Waals surface area contributed by atoms with Gasteiger partial charge in [0.05, 0.1) is 6.61 Å². The highest BCUT2D eigenvalue weighted by Crippen LogP contribution is 2.24. The predicted molar refractivity (Wildman–Crippen MR) is 87.9 cm³/mol. The molecular weight excluding hydrogens is 258 g/mol. The number of aliphatic hydroxyl groups is 1. The molecule has 1 saturated carbocycles. The molecule has 0 amide bonds. The maximum atomic E-state index is 8.83. The zero-order valence-corrected chi connectivity index (χ0v) is 13.1. The molecule has 1 aliphatic rings. The minimum Gasteiger partial charge on any atom is -0.395 e. The van der Waals surface area contributed by atoms with Crippen LogP contribution in [0, 0.1) is 17.8 Å². The van der Waals surface area contributed by atoms with E-state index in [0.717, 1.165) is 18.0 Å². The average Bonchev–Trinajstić information content (AvgIpc) is 2.50. The van der Waals surface area contributed by atoms with Gasteiger partial charge >= 0.3 is 0 Å². The van der Waals surface area contributed by atoms with Crippen molar-refractivity contribution in [1.29, 1.82) is 0 Å². The molecule has 1 N–H and O–H groups in total. The second-order valence-electron chi connectivity index (χ2n) is 6.13. The van der Waals surface area contributed by atoms with E-state index in [9.17, 15) is 0 Å². The summed E-state index contributed by atoms with van der Waals surface area (Å²) in [5, 5.41) is 8.83. The Morgan fingerprint density at radius 2 is 1.95 bits per heavy atom. The lowest BCUT2D eigenvalue weighted by Gasteiger charge is -2.27. The van der Waals surface area contributed by atoms with Crippen LogP contribution in [-0.2, 0) is 6.54 Å². The third-order valence-electron chi connectivity index (χ3n) is 4.21. The lowest BCUT2D eigenvalue weighted by atomic mass is 9.89. The highest BCUT2D eigenvalue weighted by atomic mass is 16.2. The lowest BCUT2D eigenvalue weighted by Crippen LogP contribution is -2.27. The molecule has 2 heteroatoms. The number of benzene rings is 1. The Hall–Kier alpha value is -1.30. The molecule has 0 heterocycles. The molecule has 0 atom stereocenters. The zero-order valence-electron chi connectivity index (χ0n) is 13.1. The molecule has 0 saturated heterocycles. The van der Waals surface area contributed by atoms with E-state index in [1.165, 1.54) is 44.2 Å². The number of aliphatic hydroxyl groups excluding tert-OH is 1. The van der Waals surface area contributed by atoms with Gasteiger partial charge in [-0.05, 0) is 37.4 Å². The first kappa shape index (κ1) is 16.1. The average molecular weight is 285 g/mol. The minimum atomic E-state index is 0.136.